The zero-order valence-corrected chi connectivity index (χ0v) is 30.1. The Kier molecular flexibility index (Phi) is 13.9. The van der Waals surface area contributed by atoms with E-state index in [4.69, 9.17) is 9.47 Å². The van der Waals surface area contributed by atoms with Crippen LogP contribution in [0.2, 0.25) is 0 Å². The number of rotatable bonds is 14. The fourth-order valence-electron chi connectivity index (χ4n) is 4.93. The summed E-state index contributed by atoms with van der Waals surface area (Å²) in [6.45, 7) is 5.94. The van der Waals surface area contributed by atoms with Gasteiger partial charge in [0.1, 0.15) is 24.0 Å². The minimum absolute atomic E-state index is 0.273. The van der Waals surface area contributed by atoms with Gasteiger partial charge in [0.2, 0.25) is 0 Å². The lowest BCUT2D eigenvalue weighted by molar-refractivity contribution is -0.656. The van der Waals surface area contributed by atoms with Gasteiger partial charge < -0.3 is 23.8 Å². The molecule has 4 aromatic rings. The largest absolute Gasteiger partial charge is 0.573 e. The van der Waals surface area contributed by atoms with Gasteiger partial charge in [-0.2, -0.15) is 23.4 Å². The van der Waals surface area contributed by atoms with E-state index in [-0.39, 0.29) is 11.7 Å². The molecule has 53 heavy (non-hydrogen) atoms. The maximum absolute atomic E-state index is 12.6. The van der Waals surface area contributed by atoms with Gasteiger partial charge in [-0.1, -0.05) is 19.1 Å². The molecule has 0 saturated heterocycles. The molecule has 0 aliphatic carbocycles. The van der Waals surface area contributed by atoms with Gasteiger partial charge in [0.15, 0.2) is 17.0 Å². The summed E-state index contributed by atoms with van der Waals surface area (Å²) in [7, 11) is 1.57. The van der Waals surface area contributed by atoms with Crippen molar-refractivity contribution in [2.75, 3.05) is 31.1 Å². The van der Waals surface area contributed by atoms with E-state index >= 15 is 0 Å². The number of aromatic amines is 1. The summed E-state index contributed by atoms with van der Waals surface area (Å²) in [5.74, 6) is -0.407. The number of esters is 1. The first-order chi connectivity index (χ1) is 25.1. The van der Waals surface area contributed by atoms with Crippen molar-refractivity contribution in [3.63, 3.8) is 0 Å². The molecule has 0 saturated carbocycles. The molecule has 284 valence electrons. The lowest BCUT2D eigenvalue weighted by Gasteiger charge is -2.28. The Morgan fingerprint density at radius 1 is 1.02 bits per heavy atom. The van der Waals surface area contributed by atoms with Crippen molar-refractivity contribution in [3.8, 4) is 28.6 Å². The number of halogens is 6. The summed E-state index contributed by atoms with van der Waals surface area (Å²) < 4.78 is 95.8. The van der Waals surface area contributed by atoms with Gasteiger partial charge in [-0.3, -0.25) is 0 Å². The first-order valence-electron chi connectivity index (χ1n) is 16.0. The molecule has 1 aromatic heterocycles. The lowest BCUT2D eigenvalue weighted by atomic mass is 10.1. The number of aromatic nitrogens is 3. The van der Waals surface area contributed by atoms with E-state index in [1.54, 1.807) is 31.4 Å². The maximum Gasteiger partial charge on any atom is 0.573 e. The minimum atomic E-state index is -4.79. The fraction of sp³-hybridized carbons (Fsp3) is 0.343. The van der Waals surface area contributed by atoms with Crippen LogP contribution in [0.4, 0.5) is 32.0 Å². The molecule has 3 aromatic carbocycles. The highest BCUT2D eigenvalue weighted by Crippen LogP contribution is 2.32. The van der Waals surface area contributed by atoms with Crippen LogP contribution in [-0.4, -0.2) is 72.3 Å². The highest BCUT2D eigenvalue weighted by Gasteiger charge is 2.32. The number of nitrogens with zero attached hydrogens (tertiary/aromatic N) is 5. The molecule has 0 aliphatic heterocycles. The molecule has 1 heterocycles. The Morgan fingerprint density at radius 2 is 1.68 bits per heavy atom. The summed E-state index contributed by atoms with van der Waals surface area (Å²) >= 11 is 1.04. The van der Waals surface area contributed by atoms with E-state index < -0.39 is 31.2 Å². The molecule has 0 amide bonds. The van der Waals surface area contributed by atoms with Crippen LogP contribution in [-0.2, 0) is 14.3 Å². The van der Waals surface area contributed by atoms with E-state index in [1.807, 2.05) is 37.8 Å². The van der Waals surface area contributed by atoms with Gasteiger partial charge in [0, 0.05) is 17.8 Å². The number of aryl methyl sites for hydroxylation is 2. The number of benzene rings is 3. The predicted octanol–water partition coefficient (Wildman–Crippen LogP) is 7.69. The summed E-state index contributed by atoms with van der Waals surface area (Å²) in [4.78, 5) is 18.7. The van der Waals surface area contributed by atoms with Crippen molar-refractivity contribution in [2.24, 2.45) is 10.2 Å². The minimum Gasteiger partial charge on any atom is -0.497 e. The molecule has 11 nitrogen and oxygen atoms in total. The Morgan fingerprint density at radius 3 is 2.26 bits per heavy atom. The highest BCUT2D eigenvalue weighted by molar-refractivity contribution is 8.14. The van der Waals surface area contributed by atoms with Gasteiger partial charge in [0.05, 0.1) is 13.3 Å². The SMILES string of the molecule is CCCN(/C(=N/N=C/c1ccc(-c2nc[n+](-c3ccc(OC(F)(F)F)cc3)[nH]2)cc1)SCOC(=O)C(C)OCC(F)(F)F)c1c(C)cc(OC)cc1C. The number of ether oxygens (including phenoxy) is 4. The smallest absolute Gasteiger partial charge is 0.497 e. The molecule has 0 fully saturated rings. The summed E-state index contributed by atoms with van der Waals surface area (Å²) in [6, 6.07) is 16.2. The van der Waals surface area contributed by atoms with Crippen molar-refractivity contribution < 1.29 is 54.8 Å². The zero-order valence-electron chi connectivity index (χ0n) is 29.3. The van der Waals surface area contributed by atoms with Gasteiger partial charge in [-0.05, 0) is 109 Å². The molecule has 4 rings (SSSR count). The third kappa shape index (κ3) is 12.2. The highest BCUT2D eigenvalue weighted by atomic mass is 32.2. The number of hydrogen-bond acceptors (Lipinski definition) is 9. The maximum atomic E-state index is 12.6. The molecule has 0 bridgehead atoms. The summed E-state index contributed by atoms with van der Waals surface area (Å²) in [5.41, 5.74) is 4.55. The molecular formula is C35H37F6N6O5S+. The number of carbonyl (C=O) groups excluding carboxylic acids is 1. The van der Waals surface area contributed by atoms with Crippen LogP contribution in [0.25, 0.3) is 17.1 Å². The van der Waals surface area contributed by atoms with Crippen LogP contribution in [0.5, 0.6) is 11.5 Å². The molecule has 0 spiro atoms. The molecule has 1 atom stereocenters. The van der Waals surface area contributed by atoms with Crippen molar-refractivity contribution in [1.29, 1.82) is 0 Å². The van der Waals surface area contributed by atoms with E-state index in [1.165, 1.54) is 48.4 Å². The molecule has 1 N–H and O–H groups in total. The van der Waals surface area contributed by atoms with Gasteiger partial charge in [0.25, 0.3) is 5.82 Å². The average Bonchev–Trinajstić information content (AvgIpc) is 3.59. The van der Waals surface area contributed by atoms with E-state index in [0.29, 0.717) is 46.5 Å². The van der Waals surface area contributed by atoms with Crippen molar-refractivity contribution >= 4 is 34.8 Å². The zero-order chi connectivity index (χ0) is 38.8. The molecule has 1 unspecified atom stereocenters. The van der Waals surface area contributed by atoms with Crippen LogP contribution >= 0.6 is 11.8 Å². The standard InChI is InChI=1S/C35H36F6N6O5S/c1-6-15-46(30-22(2)16-29(49-5)17-23(30)3)33(53-21-51-32(48)24(4)50-19-34(36,37)38)44-43-18-25-7-9-26(10-8-25)31-42-20-47(45-31)27-11-13-28(14-12-27)52-35(39,40)41/h7-14,16-18,20,24H,6,15,19,21H2,1-5H3/p+1/b43-18+,44-33-. The number of methoxy groups -OCH3 is 1. The summed E-state index contributed by atoms with van der Waals surface area (Å²) in [5, 5.41) is 12.2. The lowest BCUT2D eigenvalue weighted by Crippen LogP contribution is -2.32. The number of amidine groups is 1. The summed E-state index contributed by atoms with van der Waals surface area (Å²) in [6.07, 6.45) is -7.09. The molecule has 18 heteroatoms. The van der Waals surface area contributed by atoms with E-state index in [9.17, 15) is 31.1 Å². The van der Waals surface area contributed by atoms with Gasteiger partial charge in [-0.15, -0.1) is 23.0 Å². The second kappa shape index (κ2) is 18.1. The quantitative estimate of drug-likeness (QED) is 0.0265. The third-order valence-electron chi connectivity index (χ3n) is 7.28. The van der Waals surface area contributed by atoms with Crippen LogP contribution in [0.1, 0.15) is 37.0 Å². The third-order valence-corrected chi connectivity index (χ3v) is 8.07. The van der Waals surface area contributed by atoms with Gasteiger partial charge in [-0.25, -0.2) is 4.79 Å². The Labute approximate surface area is 305 Å². The molecule has 0 aliphatic rings. The topological polar surface area (TPSA) is 115 Å². The normalized spacial score (nSPS) is 12.9. The average molecular weight is 768 g/mol. The Hall–Kier alpha value is -5.10. The number of alkyl halides is 6. The number of H-pyrrole nitrogens is 1. The van der Waals surface area contributed by atoms with E-state index in [2.05, 4.69) is 29.8 Å². The van der Waals surface area contributed by atoms with Crippen LogP contribution in [0.15, 0.2) is 77.2 Å². The second-order valence-corrected chi connectivity index (χ2v) is 12.3. The first kappa shape index (κ1) is 40.7. The second-order valence-electron chi connectivity index (χ2n) is 11.4. The Balaban J connectivity index is 1.52. The van der Waals surface area contributed by atoms with Crippen LogP contribution in [0, 0.1) is 13.8 Å². The van der Waals surface area contributed by atoms with Crippen LogP contribution < -0.4 is 19.1 Å². The van der Waals surface area contributed by atoms with Crippen molar-refractivity contribution in [2.45, 2.75) is 52.8 Å². The number of anilines is 1. The van der Waals surface area contributed by atoms with Crippen molar-refractivity contribution in [1.82, 2.24) is 10.1 Å². The Bertz CT molecular complexity index is 1860. The number of nitrogens with one attached hydrogen (secondary N) is 1. The number of thioether (sulfide) groups is 1. The van der Waals surface area contributed by atoms with E-state index in [0.717, 1.165) is 28.6 Å². The monoisotopic (exact) mass is 767 g/mol. The predicted molar refractivity (Wildman–Crippen MR) is 187 cm³/mol. The first-order valence-corrected chi connectivity index (χ1v) is 17.0. The van der Waals surface area contributed by atoms with Crippen LogP contribution in [0.3, 0.4) is 0 Å². The molecular weight excluding hydrogens is 730 g/mol. The number of carbonyl (C=O) groups is 1. The van der Waals surface area contributed by atoms with Gasteiger partial charge >= 0.3 is 24.8 Å². The molecule has 0 radical (unpaired) electrons. The van der Waals surface area contributed by atoms with Crippen molar-refractivity contribution in [3.05, 3.63) is 83.7 Å². The fourth-order valence-corrected chi connectivity index (χ4v) is 5.65. The number of hydrogen-bond donors (Lipinski definition) is 1.